The van der Waals surface area contributed by atoms with E-state index in [1.54, 1.807) is 6.92 Å². The number of hydrogen-bond acceptors (Lipinski definition) is 6. The summed E-state index contributed by atoms with van der Waals surface area (Å²) in [5, 5.41) is 11.2. The molecule has 0 saturated carbocycles. The average Bonchev–Trinajstić information content (AvgIpc) is 2.26. The molecule has 0 aliphatic carbocycles. The quantitative estimate of drug-likeness (QED) is 0.457. The van der Waals surface area contributed by atoms with Crippen LogP contribution < -0.4 is 16.6 Å². The lowest BCUT2D eigenvalue weighted by atomic mass is 10.3. The first-order chi connectivity index (χ1) is 7.84. The number of nitrogens with two attached hydrogens (primary N) is 1. The van der Waals surface area contributed by atoms with Crippen molar-refractivity contribution < 1.29 is 18.3 Å². The Morgan fingerprint density at radius 1 is 1.53 bits per heavy atom. The van der Waals surface area contributed by atoms with Crippen molar-refractivity contribution >= 4 is 11.8 Å². The number of anilines is 2. The van der Waals surface area contributed by atoms with E-state index in [-0.39, 0.29) is 11.8 Å². The van der Waals surface area contributed by atoms with Crippen molar-refractivity contribution in [3.8, 4) is 0 Å². The zero-order valence-corrected chi connectivity index (χ0v) is 8.91. The minimum absolute atomic E-state index is 0.0691. The van der Waals surface area contributed by atoms with Crippen molar-refractivity contribution in [3.63, 3.8) is 0 Å². The Hall–Kier alpha value is -1.61. The lowest BCUT2D eigenvalue weighted by Crippen LogP contribution is -2.35. The lowest BCUT2D eigenvalue weighted by Gasteiger charge is -2.16. The molecular formula is C8H12F3N5O. The van der Waals surface area contributed by atoms with E-state index in [1.807, 2.05) is 0 Å². The molecule has 1 rings (SSSR count). The normalized spacial score (nSPS) is 13.3. The number of alkyl halides is 3. The van der Waals surface area contributed by atoms with Gasteiger partial charge in [-0.2, -0.15) is 18.2 Å². The van der Waals surface area contributed by atoms with Crippen LogP contribution in [0.25, 0.3) is 0 Å². The zero-order valence-electron chi connectivity index (χ0n) is 8.91. The molecule has 0 aliphatic heterocycles. The maximum atomic E-state index is 12.0. The summed E-state index contributed by atoms with van der Waals surface area (Å²) in [5.41, 5.74) is 2.71. The number of aliphatic hydroxyl groups is 1. The molecular weight excluding hydrogens is 239 g/mol. The average molecular weight is 251 g/mol. The smallest absolute Gasteiger partial charge is 0.382 e. The van der Waals surface area contributed by atoms with Gasteiger partial charge in [0.1, 0.15) is 5.82 Å². The van der Waals surface area contributed by atoms with Crippen molar-refractivity contribution in [3.05, 3.63) is 11.8 Å². The fourth-order valence-corrected chi connectivity index (χ4v) is 1.000. The number of halogens is 3. The van der Waals surface area contributed by atoms with Crippen LogP contribution >= 0.6 is 0 Å². The summed E-state index contributed by atoms with van der Waals surface area (Å²) in [7, 11) is 0. The van der Waals surface area contributed by atoms with Gasteiger partial charge in [0.25, 0.3) is 0 Å². The third-order valence-corrected chi connectivity index (χ3v) is 1.94. The van der Waals surface area contributed by atoms with Crippen LogP contribution in [0.15, 0.2) is 6.20 Å². The van der Waals surface area contributed by atoms with E-state index in [9.17, 15) is 13.2 Å². The topological polar surface area (TPSA) is 96.1 Å². The number of aryl methyl sites for hydroxylation is 1. The predicted octanol–water partition coefficient (Wildman–Crippen LogP) is 0.406. The van der Waals surface area contributed by atoms with Crippen molar-refractivity contribution in [1.29, 1.82) is 0 Å². The van der Waals surface area contributed by atoms with Gasteiger partial charge in [-0.3, -0.25) is 5.43 Å². The van der Waals surface area contributed by atoms with Crippen LogP contribution in [-0.4, -0.2) is 33.9 Å². The first-order valence-corrected chi connectivity index (χ1v) is 4.63. The van der Waals surface area contributed by atoms with Gasteiger partial charge in [0.15, 0.2) is 6.10 Å². The zero-order chi connectivity index (χ0) is 13.1. The largest absolute Gasteiger partial charge is 0.416 e. The van der Waals surface area contributed by atoms with Crippen molar-refractivity contribution in [2.75, 3.05) is 17.3 Å². The molecule has 1 unspecified atom stereocenters. The number of rotatable bonds is 4. The van der Waals surface area contributed by atoms with Gasteiger partial charge in [-0.05, 0) is 6.92 Å². The van der Waals surface area contributed by atoms with E-state index in [2.05, 4.69) is 20.7 Å². The Labute approximate surface area is 95.0 Å². The second-order valence-corrected chi connectivity index (χ2v) is 3.31. The molecule has 0 bridgehead atoms. The van der Waals surface area contributed by atoms with Crippen molar-refractivity contribution in [2.45, 2.75) is 19.2 Å². The van der Waals surface area contributed by atoms with Crippen LogP contribution in [0.1, 0.15) is 5.56 Å². The van der Waals surface area contributed by atoms with Gasteiger partial charge in [-0.15, -0.1) is 0 Å². The van der Waals surface area contributed by atoms with Crippen LogP contribution in [0.4, 0.5) is 24.9 Å². The van der Waals surface area contributed by atoms with Crippen LogP contribution in [0, 0.1) is 6.92 Å². The molecule has 0 fully saturated rings. The third kappa shape index (κ3) is 3.71. The van der Waals surface area contributed by atoms with Crippen LogP contribution in [0.2, 0.25) is 0 Å². The number of nitrogens with one attached hydrogen (secondary N) is 2. The van der Waals surface area contributed by atoms with Crippen LogP contribution in [0.3, 0.4) is 0 Å². The Bertz CT molecular complexity index is 384. The second-order valence-electron chi connectivity index (χ2n) is 3.31. The van der Waals surface area contributed by atoms with E-state index in [0.717, 1.165) is 0 Å². The number of hydrogen-bond donors (Lipinski definition) is 4. The van der Waals surface area contributed by atoms with Crippen molar-refractivity contribution in [2.24, 2.45) is 5.84 Å². The van der Waals surface area contributed by atoms with Gasteiger partial charge >= 0.3 is 6.18 Å². The maximum Gasteiger partial charge on any atom is 0.416 e. The van der Waals surface area contributed by atoms with Gasteiger partial charge in [0, 0.05) is 11.8 Å². The highest BCUT2D eigenvalue weighted by molar-refractivity contribution is 5.46. The monoisotopic (exact) mass is 251 g/mol. The molecule has 0 radical (unpaired) electrons. The molecule has 17 heavy (non-hydrogen) atoms. The summed E-state index contributed by atoms with van der Waals surface area (Å²) in [5.74, 6) is 5.31. The van der Waals surface area contributed by atoms with Gasteiger partial charge in [-0.1, -0.05) is 0 Å². The summed E-state index contributed by atoms with van der Waals surface area (Å²) >= 11 is 0. The molecule has 0 aliphatic rings. The predicted molar refractivity (Wildman–Crippen MR) is 55.1 cm³/mol. The second kappa shape index (κ2) is 5.15. The van der Waals surface area contributed by atoms with Gasteiger partial charge in [-0.25, -0.2) is 10.8 Å². The van der Waals surface area contributed by atoms with Crippen LogP contribution in [-0.2, 0) is 0 Å². The molecule has 9 heteroatoms. The van der Waals surface area contributed by atoms with E-state index >= 15 is 0 Å². The van der Waals surface area contributed by atoms with E-state index in [1.165, 1.54) is 6.20 Å². The summed E-state index contributed by atoms with van der Waals surface area (Å²) in [6.07, 6.45) is -5.72. The fourth-order valence-electron chi connectivity index (χ4n) is 1.000. The van der Waals surface area contributed by atoms with Crippen molar-refractivity contribution in [1.82, 2.24) is 9.97 Å². The number of aliphatic hydroxyl groups excluding tert-OH is 1. The molecule has 1 aromatic heterocycles. The first-order valence-electron chi connectivity index (χ1n) is 4.63. The van der Waals surface area contributed by atoms with Gasteiger partial charge in [0.2, 0.25) is 5.95 Å². The molecule has 0 spiro atoms. The van der Waals surface area contributed by atoms with E-state index < -0.39 is 18.8 Å². The maximum absolute atomic E-state index is 12.0. The highest BCUT2D eigenvalue weighted by Crippen LogP contribution is 2.20. The number of nitrogen functional groups attached to an aromatic ring is 1. The summed E-state index contributed by atoms with van der Waals surface area (Å²) < 4.78 is 36.1. The summed E-state index contributed by atoms with van der Waals surface area (Å²) in [4.78, 5) is 7.57. The highest BCUT2D eigenvalue weighted by Gasteiger charge is 2.37. The molecule has 0 saturated heterocycles. The lowest BCUT2D eigenvalue weighted by molar-refractivity contribution is -0.198. The number of nitrogens with zero attached hydrogens (tertiary/aromatic N) is 2. The molecule has 1 heterocycles. The molecule has 1 atom stereocenters. The first kappa shape index (κ1) is 13.5. The van der Waals surface area contributed by atoms with Crippen LogP contribution in [0.5, 0.6) is 0 Å². The molecule has 1 aromatic rings. The molecule has 0 amide bonds. The SMILES string of the molecule is Cc1cnc(NN)nc1NCC(O)C(F)(F)F. The van der Waals surface area contributed by atoms with Gasteiger partial charge in [0.05, 0.1) is 6.54 Å². The minimum Gasteiger partial charge on any atom is -0.382 e. The summed E-state index contributed by atoms with van der Waals surface area (Å²) in [6.45, 7) is 0.925. The van der Waals surface area contributed by atoms with E-state index in [0.29, 0.717) is 5.56 Å². The Balaban J connectivity index is 2.69. The number of hydrazine groups is 1. The van der Waals surface area contributed by atoms with E-state index in [4.69, 9.17) is 10.9 Å². The Kier molecular flexibility index (Phi) is 4.07. The number of aromatic nitrogens is 2. The minimum atomic E-state index is -4.66. The fraction of sp³-hybridized carbons (Fsp3) is 0.500. The Morgan fingerprint density at radius 2 is 2.18 bits per heavy atom. The molecule has 96 valence electrons. The third-order valence-electron chi connectivity index (χ3n) is 1.94. The molecule has 0 aromatic carbocycles. The molecule has 5 N–H and O–H groups in total. The van der Waals surface area contributed by atoms with Gasteiger partial charge < -0.3 is 10.4 Å². The highest BCUT2D eigenvalue weighted by atomic mass is 19.4. The molecule has 6 nitrogen and oxygen atoms in total. The summed E-state index contributed by atoms with van der Waals surface area (Å²) in [6, 6.07) is 0. The standard InChI is InChI=1S/C8H12F3N5O/c1-4-2-14-7(16-12)15-6(4)13-3-5(17)8(9,10)11/h2,5,17H,3,12H2,1H3,(H2,13,14,15,16). The Morgan fingerprint density at radius 3 is 2.71 bits per heavy atom.